The fraction of sp³-hybridized carbons (Fsp3) is 0.588. The molecule has 5 nitrogen and oxygen atoms in total. The molecule has 1 aromatic rings. The van der Waals surface area contributed by atoms with E-state index >= 15 is 0 Å². The van der Waals surface area contributed by atoms with Crippen molar-refractivity contribution >= 4 is 5.91 Å². The van der Waals surface area contributed by atoms with Gasteiger partial charge in [0, 0.05) is 18.5 Å². The molecule has 3 rings (SSSR count). The Morgan fingerprint density at radius 3 is 2.82 bits per heavy atom. The Balaban J connectivity index is 1.65. The average molecular weight is 304 g/mol. The highest BCUT2D eigenvalue weighted by Gasteiger charge is 2.27. The molecule has 1 saturated heterocycles. The van der Waals surface area contributed by atoms with Crippen LogP contribution in [0.15, 0.2) is 18.2 Å². The van der Waals surface area contributed by atoms with E-state index in [0.29, 0.717) is 19.8 Å². The maximum Gasteiger partial charge on any atom is 0.224 e. The van der Waals surface area contributed by atoms with Crippen LogP contribution >= 0.6 is 0 Å². The molecule has 0 spiro atoms. The minimum absolute atomic E-state index is 0.107. The van der Waals surface area contributed by atoms with E-state index in [1.54, 1.807) is 0 Å². The van der Waals surface area contributed by atoms with Crippen molar-refractivity contribution < 1.29 is 14.3 Å². The topological polar surface area (TPSA) is 59.6 Å². The third-order valence-electron chi connectivity index (χ3n) is 4.46. The van der Waals surface area contributed by atoms with Crippen molar-refractivity contribution in [1.82, 2.24) is 10.6 Å². The summed E-state index contributed by atoms with van der Waals surface area (Å²) in [4.78, 5) is 12.2. The van der Waals surface area contributed by atoms with Gasteiger partial charge in [0.15, 0.2) is 11.5 Å². The molecular weight excluding hydrogens is 280 g/mol. The summed E-state index contributed by atoms with van der Waals surface area (Å²) in [5, 5.41) is 6.32. The lowest BCUT2D eigenvalue weighted by Crippen LogP contribution is -2.40. The molecule has 1 atom stereocenters. The molecule has 1 amide bonds. The summed E-state index contributed by atoms with van der Waals surface area (Å²) < 4.78 is 11.2. The Labute approximate surface area is 131 Å². The smallest absolute Gasteiger partial charge is 0.224 e. The van der Waals surface area contributed by atoms with Gasteiger partial charge in [0.2, 0.25) is 5.91 Å². The molecule has 2 aliphatic heterocycles. The molecule has 2 aliphatic rings. The second kappa shape index (κ2) is 6.16. The molecule has 0 bridgehead atoms. The van der Waals surface area contributed by atoms with Crippen molar-refractivity contribution in [3.63, 3.8) is 0 Å². The van der Waals surface area contributed by atoms with E-state index in [1.165, 1.54) is 0 Å². The molecule has 1 aromatic carbocycles. The number of carbonyl (C=O) groups excluding carboxylic acids is 1. The summed E-state index contributed by atoms with van der Waals surface area (Å²) >= 11 is 0. The SMILES string of the molecule is CC(C)(CNC(=O)C1CCNC1)c1ccc2c(c1)OCCO2. The van der Waals surface area contributed by atoms with E-state index < -0.39 is 0 Å². The van der Waals surface area contributed by atoms with Crippen LogP contribution in [0.5, 0.6) is 11.5 Å². The maximum atomic E-state index is 12.2. The Morgan fingerprint density at radius 1 is 1.32 bits per heavy atom. The number of rotatable bonds is 4. The van der Waals surface area contributed by atoms with Gasteiger partial charge in [0.1, 0.15) is 13.2 Å². The monoisotopic (exact) mass is 304 g/mol. The number of hydrogen-bond donors (Lipinski definition) is 2. The zero-order chi connectivity index (χ0) is 15.6. The van der Waals surface area contributed by atoms with Gasteiger partial charge in [-0.3, -0.25) is 4.79 Å². The first-order valence-electron chi connectivity index (χ1n) is 7.95. The molecule has 2 heterocycles. The highest BCUT2D eigenvalue weighted by molar-refractivity contribution is 5.79. The van der Waals surface area contributed by atoms with E-state index in [-0.39, 0.29) is 17.2 Å². The predicted molar refractivity (Wildman–Crippen MR) is 84.4 cm³/mol. The fourth-order valence-corrected chi connectivity index (χ4v) is 2.90. The van der Waals surface area contributed by atoms with Crippen LogP contribution in [-0.4, -0.2) is 38.8 Å². The van der Waals surface area contributed by atoms with Crippen molar-refractivity contribution in [2.75, 3.05) is 32.8 Å². The van der Waals surface area contributed by atoms with Gasteiger partial charge in [0.05, 0.1) is 5.92 Å². The second-order valence-corrected chi connectivity index (χ2v) is 6.65. The number of carbonyl (C=O) groups is 1. The molecule has 0 aliphatic carbocycles. The van der Waals surface area contributed by atoms with Crippen LogP contribution in [0.4, 0.5) is 0 Å². The van der Waals surface area contributed by atoms with Crippen LogP contribution in [0.25, 0.3) is 0 Å². The van der Waals surface area contributed by atoms with E-state index in [0.717, 1.165) is 36.6 Å². The quantitative estimate of drug-likeness (QED) is 0.884. The summed E-state index contributed by atoms with van der Waals surface area (Å²) in [5.41, 5.74) is 0.985. The summed E-state index contributed by atoms with van der Waals surface area (Å²) in [6, 6.07) is 6.03. The summed E-state index contributed by atoms with van der Waals surface area (Å²) in [5.74, 6) is 1.85. The first-order valence-corrected chi connectivity index (χ1v) is 7.95. The molecule has 0 aromatic heterocycles. The van der Waals surface area contributed by atoms with Gasteiger partial charge in [0.25, 0.3) is 0 Å². The van der Waals surface area contributed by atoms with E-state index in [2.05, 4.69) is 30.5 Å². The fourth-order valence-electron chi connectivity index (χ4n) is 2.90. The third-order valence-corrected chi connectivity index (χ3v) is 4.46. The van der Waals surface area contributed by atoms with Crippen molar-refractivity contribution in [2.45, 2.75) is 25.7 Å². The van der Waals surface area contributed by atoms with Crippen LogP contribution in [0, 0.1) is 5.92 Å². The number of amides is 1. The normalized spacial score (nSPS) is 20.7. The summed E-state index contributed by atoms with van der Waals surface area (Å²) in [7, 11) is 0. The first kappa shape index (κ1) is 15.2. The van der Waals surface area contributed by atoms with Crippen LogP contribution in [0.1, 0.15) is 25.8 Å². The third kappa shape index (κ3) is 3.19. The lowest BCUT2D eigenvalue weighted by molar-refractivity contribution is -0.124. The minimum atomic E-state index is -0.155. The molecule has 5 heteroatoms. The largest absolute Gasteiger partial charge is 0.486 e. The number of fused-ring (bicyclic) bond motifs is 1. The highest BCUT2D eigenvalue weighted by Crippen LogP contribution is 2.34. The predicted octanol–water partition coefficient (Wildman–Crippen LogP) is 1.46. The zero-order valence-corrected chi connectivity index (χ0v) is 13.3. The van der Waals surface area contributed by atoms with Crippen molar-refractivity contribution in [1.29, 1.82) is 0 Å². The Bertz CT molecular complexity index is 551. The zero-order valence-electron chi connectivity index (χ0n) is 13.3. The number of ether oxygens (including phenoxy) is 2. The average Bonchev–Trinajstić information content (AvgIpc) is 3.07. The molecule has 1 fully saturated rings. The molecule has 2 N–H and O–H groups in total. The van der Waals surface area contributed by atoms with E-state index in [9.17, 15) is 4.79 Å². The first-order chi connectivity index (χ1) is 10.6. The minimum Gasteiger partial charge on any atom is -0.486 e. The Hall–Kier alpha value is -1.75. The standard InChI is InChI=1S/C17H24N2O3/c1-17(2,11-19-16(20)12-5-6-18-10-12)13-3-4-14-15(9-13)22-8-7-21-14/h3-4,9,12,18H,5-8,10-11H2,1-2H3,(H,19,20). The van der Waals surface area contributed by atoms with Gasteiger partial charge >= 0.3 is 0 Å². The van der Waals surface area contributed by atoms with Crippen LogP contribution in [-0.2, 0) is 10.2 Å². The molecular formula is C17H24N2O3. The second-order valence-electron chi connectivity index (χ2n) is 6.65. The molecule has 0 radical (unpaired) electrons. The lowest BCUT2D eigenvalue weighted by atomic mass is 9.84. The van der Waals surface area contributed by atoms with Gasteiger partial charge < -0.3 is 20.1 Å². The van der Waals surface area contributed by atoms with Crippen LogP contribution in [0.3, 0.4) is 0 Å². The van der Waals surface area contributed by atoms with Gasteiger partial charge in [-0.05, 0) is 30.7 Å². The van der Waals surface area contributed by atoms with E-state index in [1.807, 2.05) is 12.1 Å². The van der Waals surface area contributed by atoms with Crippen LogP contribution < -0.4 is 20.1 Å². The number of benzene rings is 1. The van der Waals surface area contributed by atoms with Gasteiger partial charge in [-0.1, -0.05) is 19.9 Å². The van der Waals surface area contributed by atoms with Gasteiger partial charge in [-0.2, -0.15) is 0 Å². The molecule has 120 valence electrons. The molecule has 1 unspecified atom stereocenters. The Kier molecular flexibility index (Phi) is 4.25. The van der Waals surface area contributed by atoms with Crippen molar-refractivity contribution in [2.24, 2.45) is 5.92 Å². The van der Waals surface area contributed by atoms with Gasteiger partial charge in [-0.15, -0.1) is 0 Å². The number of nitrogens with one attached hydrogen (secondary N) is 2. The molecule has 22 heavy (non-hydrogen) atoms. The summed E-state index contributed by atoms with van der Waals surface area (Å²) in [6.07, 6.45) is 0.927. The number of hydrogen-bond acceptors (Lipinski definition) is 4. The van der Waals surface area contributed by atoms with Crippen LogP contribution in [0.2, 0.25) is 0 Å². The maximum absolute atomic E-state index is 12.2. The van der Waals surface area contributed by atoms with Crippen molar-refractivity contribution in [3.8, 4) is 11.5 Å². The summed E-state index contributed by atoms with van der Waals surface area (Å²) in [6.45, 7) is 7.78. The Morgan fingerprint density at radius 2 is 2.09 bits per heavy atom. The van der Waals surface area contributed by atoms with Gasteiger partial charge in [-0.25, -0.2) is 0 Å². The highest BCUT2D eigenvalue weighted by atomic mass is 16.6. The molecule has 0 saturated carbocycles. The van der Waals surface area contributed by atoms with E-state index in [4.69, 9.17) is 9.47 Å². The van der Waals surface area contributed by atoms with Crippen molar-refractivity contribution in [3.05, 3.63) is 23.8 Å². The lowest BCUT2D eigenvalue weighted by Gasteiger charge is -2.28.